The van der Waals surface area contributed by atoms with Gasteiger partial charge in [-0.05, 0) is 43.5 Å². The Morgan fingerprint density at radius 2 is 1.62 bits per heavy atom. The van der Waals surface area contributed by atoms with E-state index in [4.69, 9.17) is 11.6 Å². The van der Waals surface area contributed by atoms with E-state index < -0.39 is 0 Å². The van der Waals surface area contributed by atoms with Gasteiger partial charge in [0.1, 0.15) is 5.88 Å². The molecule has 0 saturated carbocycles. The molecule has 1 fully saturated rings. The summed E-state index contributed by atoms with van der Waals surface area (Å²) < 4.78 is 0. The Morgan fingerprint density at radius 1 is 0.962 bits per heavy atom. The second-order valence-electron chi connectivity index (χ2n) is 6.48. The van der Waals surface area contributed by atoms with Gasteiger partial charge in [-0.2, -0.15) is 0 Å². The van der Waals surface area contributed by atoms with Crippen molar-refractivity contribution in [1.29, 1.82) is 0 Å². The normalized spacial score (nSPS) is 17.4. The lowest BCUT2D eigenvalue weighted by Crippen LogP contribution is -2.42. The fourth-order valence-corrected chi connectivity index (χ4v) is 3.64. The first kappa shape index (κ1) is 18.5. The summed E-state index contributed by atoms with van der Waals surface area (Å²) in [6.07, 6.45) is 2.47. The minimum atomic E-state index is -0.0919. The van der Waals surface area contributed by atoms with Gasteiger partial charge in [-0.15, -0.1) is 11.6 Å². The fourth-order valence-electron chi connectivity index (χ4n) is 3.51. The van der Waals surface area contributed by atoms with E-state index in [0.717, 1.165) is 24.9 Å². The Labute approximate surface area is 159 Å². The van der Waals surface area contributed by atoms with Crippen LogP contribution < -0.4 is 4.90 Å². The van der Waals surface area contributed by atoms with E-state index in [1.807, 2.05) is 70.5 Å². The van der Waals surface area contributed by atoms with Gasteiger partial charge in [0.2, 0.25) is 5.91 Å². The highest BCUT2D eigenvalue weighted by Crippen LogP contribution is 2.25. The minimum absolute atomic E-state index is 0.0436. The highest BCUT2D eigenvalue weighted by molar-refractivity contribution is 6.29. The lowest BCUT2D eigenvalue weighted by molar-refractivity contribution is -0.116. The van der Waals surface area contributed by atoms with E-state index in [9.17, 15) is 9.59 Å². The Kier molecular flexibility index (Phi) is 6.29. The maximum Gasteiger partial charge on any atom is 0.253 e. The average Bonchev–Trinajstić information content (AvgIpc) is 2.95. The van der Waals surface area contributed by atoms with Gasteiger partial charge < -0.3 is 9.80 Å². The smallest absolute Gasteiger partial charge is 0.253 e. The summed E-state index contributed by atoms with van der Waals surface area (Å²) in [5, 5.41) is 0. The van der Waals surface area contributed by atoms with Gasteiger partial charge in [-0.1, -0.05) is 36.4 Å². The van der Waals surface area contributed by atoms with Crippen LogP contribution in [-0.4, -0.2) is 41.7 Å². The molecule has 0 spiro atoms. The van der Waals surface area contributed by atoms with Crippen molar-refractivity contribution < 1.29 is 9.59 Å². The maximum absolute atomic E-state index is 12.7. The molecular formula is C21H23ClN2O2. The molecule has 1 aliphatic heterocycles. The molecule has 136 valence electrons. The summed E-state index contributed by atoms with van der Waals surface area (Å²) in [6.45, 7) is 1.35. The molecular weight excluding hydrogens is 348 g/mol. The van der Waals surface area contributed by atoms with E-state index >= 15 is 0 Å². The number of likely N-dealkylation sites (tertiary alicyclic amines) is 1. The number of anilines is 1. The van der Waals surface area contributed by atoms with Crippen LogP contribution >= 0.6 is 11.6 Å². The molecule has 1 aliphatic rings. The van der Waals surface area contributed by atoms with Gasteiger partial charge in [0, 0.05) is 30.4 Å². The van der Waals surface area contributed by atoms with Crippen molar-refractivity contribution in [1.82, 2.24) is 4.90 Å². The van der Waals surface area contributed by atoms with Crippen LogP contribution in [0.4, 0.5) is 5.69 Å². The summed E-state index contributed by atoms with van der Waals surface area (Å²) in [6, 6.07) is 19.1. The van der Waals surface area contributed by atoms with Gasteiger partial charge in [-0.25, -0.2) is 0 Å². The summed E-state index contributed by atoms with van der Waals surface area (Å²) in [4.78, 5) is 28.9. The van der Waals surface area contributed by atoms with Crippen molar-refractivity contribution in [3.8, 4) is 0 Å². The molecule has 0 N–H and O–H groups in total. The van der Waals surface area contributed by atoms with Crippen LogP contribution in [0.1, 0.15) is 29.6 Å². The quantitative estimate of drug-likeness (QED) is 0.764. The lowest BCUT2D eigenvalue weighted by Gasteiger charge is -2.31. The summed E-state index contributed by atoms with van der Waals surface area (Å²) in [7, 11) is 0. The van der Waals surface area contributed by atoms with Crippen molar-refractivity contribution in [3.05, 3.63) is 66.2 Å². The van der Waals surface area contributed by atoms with Gasteiger partial charge in [0.15, 0.2) is 0 Å². The minimum Gasteiger partial charge on any atom is -0.339 e. The zero-order valence-electron chi connectivity index (χ0n) is 14.7. The number of carbonyl (C=O) groups excluding carboxylic acids is 2. The third kappa shape index (κ3) is 4.25. The van der Waals surface area contributed by atoms with E-state index in [-0.39, 0.29) is 23.7 Å². The number of amides is 2. The summed E-state index contributed by atoms with van der Waals surface area (Å²) in [5.74, 6) is -0.0789. The highest BCUT2D eigenvalue weighted by atomic mass is 35.5. The predicted molar refractivity (Wildman–Crippen MR) is 105 cm³/mol. The molecule has 2 aromatic carbocycles. The third-order valence-corrected chi connectivity index (χ3v) is 5.02. The number of hydrogen-bond donors (Lipinski definition) is 0. The second kappa shape index (κ2) is 8.86. The van der Waals surface area contributed by atoms with Crippen LogP contribution in [0.15, 0.2) is 60.7 Å². The molecule has 4 nitrogen and oxygen atoms in total. The van der Waals surface area contributed by atoms with Crippen LogP contribution in [0.25, 0.3) is 0 Å². The van der Waals surface area contributed by atoms with Crippen LogP contribution in [0.2, 0.25) is 0 Å². The third-order valence-electron chi connectivity index (χ3n) is 4.79. The Hall–Kier alpha value is -2.33. The molecule has 0 aliphatic carbocycles. The molecule has 2 amide bonds. The molecule has 3 rings (SSSR count). The number of carbonyl (C=O) groups is 2. The van der Waals surface area contributed by atoms with Gasteiger partial charge in [0.05, 0.1) is 0 Å². The Bertz CT molecular complexity index is 736. The van der Waals surface area contributed by atoms with E-state index in [1.165, 1.54) is 0 Å². The van der Waals surface area contributed by atoms with Crippen molar-refractivity contribution in [3.63, 3.8) is 0 Å². The van der Waals surface area contributed by atoms with Crippen LogP contribution in [0.5, 0.6) is 0 Å². The first-order valence-corrected chi connectivity index (χ1v) is 9.51. The molecule has 1 heterocycles. The van der Waals surface area contributed by atoms with Gasteiger partial charge in [-0.3, -0.25) is 9.59 Å². The maximum atomic E-state index is 12.7. The van der Waals surface area contributed by atoms with Crippen molar-refractivity contribution in [2.75, 3.05) is 23.9 Å². The number of para-hydroxylation sites is 1. The predicted octanol–water partition coefficient (Wildman–Crippen LogP) is 3.95. The number of hydrogen-bond acceptors (Lipinski definition) is 2. The number of alkyl halides is 1. The molecule has 1 atom stereocenters. The largest absolute Gasteiger partial charge is 0.339 e. The topological polar surface area (TPSA) is 40.6 Å². The first-order chi connectivity index (χ1) is 12.7. The standard InChI is InChI=1S/C21H23ClN2O2/c22-16-20(25)24(18-10-5-2-6-11-18)19-12-7-14-23(15-13-19)21(26)17-8-3-1-4-9-17/h1-6,8-11,19H,7,12-16H2. The number of benzene rings is 2. The zero-order chi connectivity index (χ0) is 18.4. The van der Waals surface area contributed by atoms with Crippen molar-refractivity contribution >= 4 is 29.1 Å². The SMILES string of the molecule is O=C(c1ccccc1)N1CCCC(N(C(=O)CCl)c2ccccc2)CC1. The number of halogens is 1. The van der Waals surface area contributed by atoms with Crippen LogP contribution in [0, 0.1) is 0 Å². The Morgan fingerprint density at radius 3 is 2.27 bits per heavy atom. The first-order valence-electron chi connectivity index (χ1n) is 8.98. The Balaban J connectivity index is 1.74. The van der Waals surface area contributed by atoms with E-state index in [0.29, 0.717) is 18.7 Å². The van der Waals surface area contributed by atoms with E-state index in [1.54, 1.807) is 0 Å². The fraction of sp³-hybridized carbons (Fsp3) is 0.333. The van der Waals surface area contributed by atoms with E-state index in [2.05, 4.69) is 0 Å². The van der Waals surface area contributed by atoms with Crippen molar-refractivity contribution in [2.45, 2.75) is 25.3 Å². The molecule has 1 saturated heterocycles. The summed E-state index contributed by atoms with van der Waals surface area (Å²) in [5.41, 5.74) is 1.58. The molecule has 0 radical (unpaired) electrons. The van der Waals surface area contributed by atoms with Crippen LogP contribution in [0.3, 0.4) is 0 Å². The van der Waals surface area contributed by atoms with Gasteiger partial charge >= 0.3 is 0 Å². The van der Waals surface area contributed by atoms with Crippen molar-refractivity contribution in [2.24, 2.45) is 0 Å². The van der Waals surface area contributed by atoms with Crippen LogP contribution in [-0.2, 0) is 4.79 Å². The van der Waals surface area contributed by atoms with Gasteiger partial charge in [0.25, 0.3) is 5.91 Å². The summed E-state index contributed by atoms with van der Waals surface area (Å²) >= 11 is 5.86. The molecule has 0 aromatic heterocycles. The number of rotatable bonds is 4. The molecule has 26 heavy (non-hydrogen) atoms. The molecule has 5 heteroatoms. The average molecular weight is 371 g/mol. The second-order valence-corrected chi connectivity index (χ2v) is 6.74. The molecule has 1 unspecified atom stereocenters. The highest BCUT2D eigenvalue weighted by Gasteiger charge is 2.28. The zero-order valence-corrected chi connectivity index (χ0v) is 15.4. The molecule has 0 bridgehead atoms. The molecule has 2 aromatic rings. The number of nitrogens with zero attached hydrogens (tertiary/aromatic N) is 2. The lowest BCUT2D eigenvalue weighted by atomic mass is 10.1. The monoisotopic (exact) mass is 370 g/mol.